The minimum absolute atomic E-state index is 0.116. The fourth-order valence-electron chi connectivity index (χ4n) is 2.39. The summed E-state index contributed by atoms with van der Waals surface area (Å²) in [5.74, 6) is -0.293. The SMILES string of the molecule is CCC[C@@H](C)CS(=O)(=O)N1CCC[C@H]1C(N)=O. The first-order valence-electron chi connectivity index (χ1n) is 6.17. The number of amides is 1. The number of rotatable bonds is 6. The highest BCUT2D eigenvalue weighted by atomic mass is 32.2. The molecule has 0 radical (unpaired) electrons. The molecule has 0 aromatic rings. The largest absolute Gasteiger partial charge is 0.368 e. The van der Waals surface area contributed by atoms with Crippen LogP contribution >= 0.6 is 0 Å². The molecule has 2 atom stereocenters. The molecular formula is C11H22N2O3S. The number of nitrogens with two attached hydrogens (primary N) is 1. The van der Waals surface area contributed by atoms with Gasteiger partial charge in [0.15, 0.2) is 0 Å². The minimum atomic E-state index is -3.34. The number of hydrogen-bond donors (Lipinski definition) is 1. The van der Waals surface area contributed by atoms with Gasteiger partial charge < -0.3 is 5.73 Å². The Morgan fingerprint density at radius 1 is 1.53 bits per heavy atom. The first-order valence-corrected chi connectivity index (χ1v) is 7.78. The van der Waals surface area contributed by atoms with E-state index in [1.807, 2.05) is 13.8 Å². The van der Waals surface area contributed by atoms with Crippen molar-refractivity contribution in [2.45, 2.75) is 45.6 Å². The van der Waals surface area contributed by atoms with Crippen molar-refractivity contribution >= 4 is 15.9 Å². The maximum absolute atomic E-state index is 12.2. The number of carbonyl (C=O) groups excluding carboxylic acids is 1. The monoisotopic (exact) mass is 262 g/mol. The Bertz CT molecular complexity index is 367. The highest BCUT2D eigenvalue weighted by Crippen LogP contribution is 2.23. The highest BCUT2D eigenvalue weighted by molar-refractivity contribution is 7.89. The molecule has 1 rings (SSSR count). The van der Waals surface area contributed by atoms with Crippen LogP contribution in [0.15, 0.2) is 0 Å². The van der Waals surface area contributed by atoms with Crippen molar-refractivity contribution in [1.82, 2.24) is 4.31 Å². The first-order chi connectivity index (χ1) is 7.88. The molecule has 1 aliphatic heterocycles. The summed E-state index contributed by atoms with van der Waals surface area (Å²) in [5.41, 5.74) is 5.23. The van der Waals surface area contributed by atoms with Gasteiger partial charge in [0.2, 0.25) is 15.9 Å². The molecule has 17 heavy (non-hydrogen) atoms. The molecule has 100 valence electrons. The fraction of sp³-hybridized carbons (Fsp3) is 0.909. The van der Waals surface area contributed by atoms with Gasteiger partial charge in [0, 0.05) is 6.54 Å². The van der Waals surface area contributed by atoms with Crippen LogP contribution in [0.25, 0.3) is 0 Å². The molecule has 6 heteroatoms. The van der Waals surface area contributed by atoms with Gasteiger partial charge in [0.05, 0.1) is 5.75 Å². The summed E-state index contributed by atoms with van der Waals surface area (Å²) in [4.78, 5) is 11.2. The van der Waals surface area contributed by atoms with Gasteiger partial charge >= 0.3 is 0 Å². The number of sulfonamides is 1. The van der Waals surface area contributed by atoms with E-state index in [0.29, 0.717) is 13.0 Å². The maximum Gasteiger partial charge on any atom is 0.235 e. The van der Waals surface area contributed by atoms with Crippen LogP contribution in [-0.2, 0) is 14.8 Å². The van der Waals surface area contributed by atoms with Crippen LogP contribution in [0.5, 0.6) is 0 Å². The van der Waals surface area contributed by atoms with Crippen LogP contribution in [0, 0.1) is 5.92 Å². The molecule has 0 spiro atoms. The van der Waals surface area contributed by atoms with Crippen molar-refractivity contribution in [2.24, 2.45) is 11.7 Å². The zero-order chi connectivity index (χ0) is 13.1. The van der Waals surface area contributed by atoms with E-state index in [4.69, 9.17) is 5.73 Å². The lowest BCUT2D eigenvalue weighted by Gasteiger charge is -2.23. The van der Waals surface area contributed by atoms with Crippen molar-refractivity contribution in [3.8, 4) is 0 Å². The van der Waals surface area contributed by atoms with Crippen molar-refractivity contribution in [1.29, 1.82) is 0 Å². The van der Waals surface area contributed by atoms with Gasteiger partial charge in [-0.15, -0.1) is 0 Å². The predicted molar refractivity (Wildman–Crippen MR) is 66.8 cm³/mol. The molecule has 0 aliphatic carbocycles. The Hall–Kier alpha value is -0.620. The normalized spacial score (nSPS) is 23.8. The summed E-state index contributed by atoms with van der Waals surface area (Å²) in [5, 5.41) is 0. The smallest absolute Gasteiger partial charge is 0.235 e. The molecule has 1 saturated heterocycles. The number of hydrogen-bond acceptors (Lipinski definition) is 3. The Morgan fingerprint density at radius 3 is 2.71 bits per heavy atom. The molecule has 1 heterocycles. The Balaban J connectivity index is 2.72. The van der Waals surface area contributed by atoms with E-state index >= 15 is 0 Å². The van der Waals surface area contributed by atoms with Crippen molar-refractivity contribution in [3.05, 3.63) is 0 Å². The van der Waals surface area contributed by atoms with Crippen molar-refractivity contribution in [3.63, 3.8) is 0 Å². The van der Waals surface area contributed by atoms with E-state index in [2.05, 4.69) is 0 Å². The predicted octanol–water partition coefficient (Wildman–Crippen LogP) is 0.702. The zero-order valence-corrected chi connectivity index (χ0v) is 11.4. The van der Waals surface area contributed by atoms with E-state index in [1.54, 1.807) is 0 Å². The van der Waals surface area contributed by atoms with E-state index < -0.39 is 22.0 Å². The summed E-state index contributed by atoms with van der Waals surface area (Å²) in [6.45, 7) is 4.39. The molecular weight excluding hydrogens is 240 g/mol. The minimum Gasteiger partial charge on any atom is -0.368 e. The van der Waals surface area contributed by atoms with Crippen molar-refractivity contribution < 1.29 is 13.2 Å². The Kier molecular flexibility index (Phi) is 4.94. The third kappa shape index (κ3) is 3.67. The fourth-order valence-corrected chi connectivity index (χ4v) is 4.47. The van der Waals surface area contributed by atoms with Gasteiger partial charge in [-0.1, -0.05) is 20.3 Å². The van der Waals surface area contributed by atoms with Gasteiger partial charge in [0.25, 0.3) is 0 Å². The van der Waals surface area contributed by atoms with E-state index in [9.17, 15) is 13.2 Å². The summed E-state index contributed by atoms with van der Waals surface area (Å²) in [6.07, 6.45) is 3.12. The Morgan fingerprint density at radius 2 is 2.18 bits per heavy atom. The standard InChI is InChI=1S/C11H22N2O3S/c1-3-5-9(2)8-17(15,16)13-7-4-6-10(13)11(12)14/h9-10H,3-8H2,1-2H3,(H2,12,14)/t9-,10+/m1/s1. The Labute approximate surface area is 103 Å². The van der Waals surface area contributed by atoms with Crippen LogP contribution in [-0.4, -0.2) is 37.0 Å². The van der Waals surface area contributed by atoms with Gasteiger partial charge in [-0.3, -0.25) is 4.79 Å². The summed E-state index contributed by atoms with van der Waals surface area (Å²) in [7, 11) is -3.34. The third-order valence-corrected chi connectivity index (χ3v) is 5.31. The molecule has 0 aromatic heterocycles. The lowest BCUT2D eigenvalue weighted by molar-refractivity contribution is -0.121. The molecule has 2 N–H and O–H groups in total. The van der Waals surface area contributed by atoms with Gasteiger partial charge in [-0.25, -0.2) is 8.42 Å². The van der Waals surface area contributed by atoms with Gasteiger partial charge in [-0.2, -0.15) is 4.31 Å². The maximum atomic E-state index is 12.2. The average molecular weight is 262 g/mol. The lowest BCUT2D eigenvalue weighted by atomic mass is 10.1. The third-order valence-electron chi connectivity index (χ3n) is 3.17. The quantitative estimate of drug-likeness (QED) is 0.765. The van der Waals surface area contributed by atoms with E-state index in [-0.39, 0.29) is 11.7 Å². The molecule has 1 aliphatic rings. The molecule has 0 saturated carbocycles. The van der Waals surface area contributed by atoms with Crippen LogP contribution in [0.4, 0.5) is 0 Å². The molecule has 1 fully saturated rings. The van der Waals surface area contributed by atoms with Gasteiger partial charge in [0.1, 0.15) is 6.04 Å². The topological polar surface area (TPSA) is 80.5 Å². The first kappa shape index (κ1) is 14.4. The molecule has 0 bridgehead atoms. The van der Waals surface area contributed by atoms with Crippen LogP contribution in [0.3, 0.4) is 0 Å². The summed E-state index contributed by atoms with van der Waals surface area (Å²) >= 11 is 0. The highest BCUT2D eigenvalue weighted by Gasteiger charge is 2.37. The average Bonchev–Trinajstić information content (AvgIpc) is 2.65. The van der Waals surface area contributed by atoms with Crippen LogP contribution < -0.4 is 5.73 Å². The second-order valence-corrected chi connectivity index (χ2v) is 6.81. The van der Waals surface area contributed by atoms with Crippen molar-refractivity contribution in [2.75, 3.05) is 12.3 Å². The molecule has 5 nitrogen and oxygen atoms in total. The number of carbonyl (C=O) groups is 1. The summed E-state index contributed by atoms with van der Waals surface area (Å²) in [6, 6.07) is -0.631. The lowest BCUT2D eigenvalue weighted by Crippen LogP contribution is -2.45. The summed E-state index contributed by atoms with van der Waals surface area (Å²) < 4.78 is 25.6. The molecule has 0 aromatic carbocycles. The van der Waals surface area contributed by atoms with Gasteiger partial charge in [-0.05, 0) is 25.2 Å². The number of nitrogens with zero attached hydrogens (tertiary/aromatic N) is 1. The number of primary amides is 1. The zero-order valence-electron chi connectivity index (χ0n) is 10.6. The second kappa shape index (κ2) is 5.82. The van der Waals surface area contributed by atoms with Crippen LogP contribution in [0.2, 0.25) is 0 Å². The van der Waals surface area contributed by atoms with Crippen LogP contribution in [0.1, 0.15) is 39.5 Å². The molecule has 0 unspecified atom stereocenters. The molecule has 1 amide bonds. The second-order valence-electron chi connectivity index (χ2n) is 4.84. The van der Waals surface area contributed by atoms with E-state index in [0.717, 1.165) is 19.3 Å². The van der Waals surface area contributed by atoms with E-state index in [1.165, 1.54) is 4.31 Å².